The third-order valence-corrected chi connectivity index (χ3v) is 2.87. The van der Waals surface area contributed by atoms with Gasteiger partial charge in [0.2, 0.25) is 0 Å². The molecule has 1 aromatic rings. The molecule has 0 N–H and O–H groups in total. The number of hydrogen-bond donors (Lipinski definition) is 0. The van der Waals surface area contributed by atoms with Crippen LogP contribution in [0.2, 0.25) is 0 Å². The Labute approximate surface area is 135 Å². The fraction of sp³-hybridized carbons (Fsp3) is 0.500. The first-order chi connectivity index (χ1) is 11.0. The summed E-state index contributed by atoms with van der Waals surface area (Å²) in [5.74, 6) is 0.278. The van der Waals surface area contributed by atoms with Crippen molar-refractivity contribution in [1.82, 2.24) is 0 Å². The van der Waals surface area contributed by atoms with Crippen LogP contribution in [0, 0.1) is 0 Å². The van der Waals surface area contributed by atoms with Crippen LogP contribution < -0.4 is 14.2 Å². The van der Waals surface area contributed by atoms with E-state index < -0.39 is 11.9 Å². The van der Waals surface area contributed by atoms with Crippen LogP contribution in [-0.2, 0) is 25.5 Å². The van der Waals surface area contributed by atoms with Crippen molar-refractivity contribution in [1.29, 1.82) is 0 Å². The standard InChI is InChI=1S/C16H22O7/c1-5-21-15(17)9-12-13(20-4)7-11(19-3)8-14(12)23-10-16(18)22-6-2/h7-8H,5-6,9-10H2,1-4H3. The van der Waals surface area contributed by atoms with Gasteiger partial charge in [0.1, 0.15) is 17.2 Å². The molecule has 0 amide bonds. The van der Waals surface area contributed by atoms with Crippen LogP contribution in [0.1, 0.15) is 19.4 Å². The van der Waals surface area contributed by atoms with Crippen molar-refractivity contribution in [3.63, 3.8) is 0 Å². The summed E-state index contributed by atoms with van der Waals surface area (Å²) in [5, 5.41) is 0. The van der Waals surface area contributed by atoms with Gasteiger partial charge in [-0.25, -0.2) is 4.79 Å². The second-order valence-electron chi connectivity index (χ2n) is 4.38. The van der Waals surface area contributed by atoms with E-state index in [1.54, 1.807) is 26.0 Å². The lowest BCUT2D eigenvalue weighted by Gasteiger charge is -2.16. The highest BCUT2D eigenvalue weighted by molar-refractivity contribution is 5.76. The molecule has 0 radical (unpaired) electrons. The first kappa shape index (κ1) is 18.6. The second-order valence-corrected chi connectivity index (χ2v) is 4.38. The molecule has 128 valence electrons. The molecule has 0 atom stereocenters. The number of ether oxygens (including phenoxy) is 5. The quantitative estimate of drug-likeness (QED) is 0.640. The molecule has 0 aromatic heterocycles. The average Bonchev–Trinajstić information content (AvgIpc) is 2.54. The average molecular weight is 326 g/mol. The van der Waals surface area contributed by atoms with Gasteiger partial charge in [-0.2, -0.15) is 0 Å². The summed E-state index contributed by atoms with van der Waals surface area (Å²) < 4.78 is 25.7. The van der Waals surface area contributed by atoms with Gasteiger partial charge in [0.25, 0.3) is 0 Å². The minimum atomic E-state index is -0.503. The number of rotatable bonds is 9. The Hall–Kier alpha value is -2.44. The Bertz CT molecular complexity index is 539. The number of hydrogen-bond acceptors (Lipinski definition) is 7. The van der Waals surface area contributed by atoms with Gasteiger partial charge in [-0.3, -0.25) is 4.79 Å². The predicted octanol–water partition coefficient (Wildman–Crippen LogP) is 1.75. The SMILES string of the molecule is CCOC(=O)COc1cc(OC)cc(OC)c1CC(=O)OCC. The molecule has 0 saturated carbocycles. The van der Waals surface area contributed by atoms with E-state index in [0.29, 0.717) is 22.8 Å². The zero-order chi connectivity index (χ0) is 17.2. The molecule has 23 heavy (non-hydrogen) atoms. The predicted molar refractivity (Wildman–Crippen MR) is 82.0 cm³/mol. The number of carbonyl (C=O) groups is 2. The van der Waals surface area contributed by atoms with Crippen molar-refractivity contribution in [3.8, 4) is 17.2 Å². The summed E-state index contributed by atoms with van der Waals surface area (Å²) in [6, 6.07) is 3.21. The van der Waals surface area contributed by atoms with Crippen LogP contribution >= 0.6 is 0 Å². The zero-order valence-corrected chi connectivity index (χ0v) is 13.8. The van der Waals surface area contributed by atoms with Crippen LogP contribution in [-0.4, -0.2) is 46.0 Å². The molecule has 1 aromatic carbocycles. The Morgan fingerprint density at radius 2 is 1.52 bits per heavy atom. The van der Waals surface area contributed by atoms with Crippen LogP contribution in [0.15, 0.2) is 12.1 Å². The summed E-state index contributed by atoms with van der Waals surface area (Å²) in [5.41, 5.74) is 0.482. The highest BCUT2D eigenvalue weighted by Crippen LogP contribution is 2.34. The minimum absolute atomic E-state index is 0.0425. The molecule has 0 heterocycles. The molecule has 0 spiro atoms. The summed E-state index contributed by atoms with van der Waals surface area (Å²) in [6.45, 7) is 3.69. The van der Waals surface area contributed by atoms with Gasteiger partial charge < -0.3 is 23.7 Å². The van der Waals surface area contributed by atoms with E-state index >= 15 is 0 Å². The monoisotopic (exact) mass is 326 g/mol. The molecule has 7 nitrogen and oxygen atoms in total. The van der Waals surface area contributed by atoms with E-state index in [9.17, 15) is 9.59 Å². The van der Waals surface area contributed by atoms with Crippen molar-refractivity contribution in [2.24, 2.45) is 0 Å². The topological polar surface area (TPSA) is 80.3 Å². The van der Waals surface area contributed by atoms with E-state index in [0.717, 1.165) is 0 Å². The maximum atomic E-state index is 11.8. The van der Waals surface area contributed by atoms with Crippen molar-refractivity contribution in [2.45, 2.75) is 20.3 Å². The van der Waals surface area contributed by atoms with Crippen molar-refractivity contribution in [3.05, 3.63) is 17.7 Å². The van der Waals surface area contributed by atoms with E-state index in [-0.39, 0.29) is 26.2 Å². The lowest BCUT2D eigenvalue weighted by Crippen LogP contribution is -2.16. The van der Waals surface area contributed by atoms with Gasteiger partial charge in [0, 0.05) is 17.7 Å². The van der Waals surface area contributed by atoms with Crippen LogP contribution in [0.5, 0.6) is 17.2 Å². The summed E-state index contributed by atoms with van der Waals surface area (Å²) in [7, 11) is 2.97. The van der Waals surface area contributed by atoms with Crippen LogP contribution in [0.25, 0.3) is 0 Å². The third kappa shape index (κ3) is 5.69. The molecule has 0 aliphatic rings. The van der Waals surface area contributed by atoms with E-state index in [4.69, 9.17) is 23.7 Å². The largest absolute Gasteiger partial charge is 0.496 e. The molecule has 7 heteroatoms. The lowest BCUT2D eigenvalue weighted by atomic mass is 10.1. The lowest BCUT2D eigenvalue weighted by molar-refractivity contribution is -0.145. The van der Waals surface area contributed by atoms with Gasteiger partial charge in [-0.05, 0) is 13.8 Å². The van der Waals surface area contributed by atoms with Crippen molar-refractivity contribution in [2.75, 3.05) is 34.0 Å². The zero-order valence-electron chi connectivity index (χ0n) is 13.8. The molecule has 1 rings (SSSR count). The molecule has 0 bridgehead atoms. The van der Waals surface area contributed by atoms with Gasteiger partial charge >= 0.3 is 11.9 Å². The maximum absolute atomic E-state index is 11.8. The number of benzene rings is 1. The number of methoxy groups -OCH3 is 2. The fourth-order valence-corrected chi connectivity index (χ4v) is 1.89. The molecule has 0 saturated heterocycles. The van der Waals surface area contributed by atoms with E-state index in [2.05, 4.69) is 0 Å². The first-order valence-electron chi connectivity index (χ1n) is 7.24. The molecule has 0 unspecified atom stereocenters. The van der Waals surface area contributed by atoms with Crippen LogP contribution in [0.4, 0.5) is 0 Å². The summed E-state index contributed by atoms with van der Waals surface area (Å²) >= 11 is 0. The Morgan fingerprint density at radius 1 is 0.913 bits per heavy atom. The van der Waals surface area contributed by atoms with Crippen LogP contribution in [0.3, 0.4) is 0 Å². The normalized spacial score (nSPS) is 9.91. The highest BCUT2D eigenvalue weighted by atomic mass is 16.6. The van der Waals surface area contributed by atoms with Gasteiger partial charge in [-0.15, -0.1) is 0 Å². The highest BCUT2D eigenvalue weighted by Gasteiger charge is 2.18. The number of carbonyl (C=O) groups excluding carboxylic acids is 2. The smallest absolute Gasteiger partial charge is 0.344 e. The van der Waals surface area contributed by atoms with Gasteiger partial charge in [0.05, 0.1) is 33.9 Å². The Morgan fingerprint density at radius 3 is 2.09 bits per heavy atom. The molecule has 0 aliphatic heterocycles. The third-order valence-electron chi connectivity index (χ3n) is 2.87. The van der Waals surface area contributed by atoms with E-state index in [1.165, 1.54) is 14.2 Å². The first-order valence-corrected chi connectivity index (χ1v) is 7.24. The molecule has 0 aliphatic carbocycles. The Kier molecular flexibility index (Phi) is 7.73. The Balaban J connectivity index is 3.06. The second kappa shape index (κ2) is 9.55. The molecular weight excluding hydrogens is 304 g/mol. The van der Waals surface area contributed by atoms with Gasteiger partial charge in [0.15, 0.2) is 6.61 Å². The molecular formula is C16H22O7. The van der Waals surface area contributed by atoms with E-state index in [1.807, 2.05) is 0 Å². The summed E-state index contributed by atoms with van der Waals surface area (Å²) in [6.07, 6.45) is -0.0425. The molecule has 0 fully saturated rings. The van der Waals surface area contributed by atoms with Crippen molar-refractivity contribution >= 4 is 11.9 Å². The maximum Gasteiger partial charge on any atom is 0.344 e. The summed E-state index contributed by atoms with van der Waals surface area (Å²) in [4.78, 5) is 23.2. The van der Waals surface area contributed by atoms with Crippen molar-refractivity contribution < 1.29 is 33.3 Å². The van der Waals surface area contributed by atoms with Gasteiger partial charge in [-0.1, -0.05) is 0 Å². The minimum Gasteiger partial charge on any atom is -0.496 e. The fourth-order valence-electron chi connectivity index (χ4n) is 1.89. The number of esters is 2.